The fourth-order valence-corrected chi connectivity index (χ4v) is 5.95. The standard InChI is InChI=1S/C29H33ClFN3O7S/c1-6-23(29(36)32-2)33(17-19-7-10-21(31)11-8-19)28(35)18-34(24-15-20(30)9-13-25(24)39-3)42(37,38)22-12-14-26(40-4)27(16-22)41-5/h7-16,23H,6,17-18H2,1-5H3,(H,32,36)/t23-/m1/s1. The molecule has 42 heavy (non-hydrogen) atoms. The molecule has 226 valence electrons. The molecule has 10 nitrogen and oxygen atoms in total. The second-order valence-corrected chi connectivity index (χ2v) is 11.3. The Morgan fingerprint density at radius 2 is 1.55 bits per heavy atom. The molecule has 0 aliphatic heterocycles. The Morgan fingerprint density at radius 3 is 2.12 bits per heavy atom. The van der Waals surface area contributed by atoms with Gasteiger partial charge in [-0.25, -0.2) is 12.8 Å². The Labute approximate surface area is 250 Å². The van der Waals surface area contributed by atoms with Gasteiger partial charge in [0.25, 0.3) is 10.0 Å². The van der Waals surface area contributed by atoms with E-state index in [9.17, 15) is 22.4 Å². The normalized spacial score (nSPS) is 11.8. The summed E-state index contributed by atoms with van der Waals surface area (Å²) in [7, 11) is 1.12. The first-order chi connectivity index (χ1) is 20.0. The zero-order valence-corrected chi connectivity index (χ0v) is 25.5. The molecule has 0 saturated carbocycles. The highest BCUT2D eigenvalue weighted by molar-refractivity contribution is 7.92. The molecule has 0 aliphatic rings. The number of carbonyl (C=O) groups is 2. The third-order valence-electron chi connectivity index (χ3n) is 6.53. The first kappa shape index (κ1) is 32.5. The van der Waals surface area contributed by atoms with E-state index in [1.807, 2.05) is 0 Å². The molecule has 0 aromatic heterocycles. The number of likely N-dealkylation sites (N-methyl/N-ethyl adjacent to an activating group) is 1. The molecule has 13 heteroatoms. The van der Waals surface area contributed by atoms with Gasteiger partial charge in [0.05, 0.1) is 31.9 Å². The quantitative estimate of drug-likeness (QED) is 0.303. The molecule has 0 radical (unpaired) electrons. The molecule has 3 rings (SSSR count). The molecule has 0 spiro atoms. The van der Waals surface area contributed by atoms with E-state index in [4.69, 9.17) is 25.8 Å². The number of halogens is 2. The van der Waals surface area contributed by atoms with Crippen LogP contribution in [-0.4, -0.2) is 66.1 Å². The smallest absolute Gasteiger partial charge is 0.265 e. The average molecular weight is 622 g/mol. The molecule has 1 N–H and O–H groups in total. The van der Waals surface area contributed by atoms with Crippen molar-refractivity contribution in [2.45, 2.75) is 30.8 Å². The number of benzene rings is 3. The topological polar surface area (TPSA) is 114 Å². The molecular weight excluding hydrogens is 589 g/mol. The van der Waals surface area contributed by atoms with Gasteiger partial charge in [0.15, 0.2) is 11.5 Å². The Bertz CT molecular complexity index is 1520. The van der Waals surface area contributed by atoms with E-state index in [0.717, 1.165) is 4.31 Å². The van der Waals surface area contributed by atoms with Gasteiger partial charge in [-0.3, -0.25) is 13.9 Å². The number of hydrogen-bond acceptors (Lipinski definition) is 7. The predicted molar refractivity (Wildman–Crippen MR) is 157 cm³/mol. The Kier molecular flexibility index (Phi) is 11.0. The van der Waals surface area contributed by atoms with Gasteiger partial charge >= 0.3 is 0 Å². The van der Waals surface area contributed by atoms with E-state index in [1.54, 1.807) is 6.92 Å². The van der Waals surface area contributed by atoms with E-state index >= 15 is 0 Å². The minimum atomic E-state index is -4.46. The van der Waals surface area contributed by atoms with Crippen molar-refractivity contribution >= 4 is 39.1 Å². The van der Waals surface area contributed by atoms with Gasteiger partial charge in [-0.05, 0) is 54.4 Å². The van der Waals surface area contributed by atoms with Crippen LogP contribution >= 0.6 is 11.6 Å². The van der Waals surface area contributed by atoms with Crippen molar-refractivity contribution in [3.8, 4) is 17.2 Å². The molecule has 3 aromatic rings. The van der Waals surface area contributed by atoms with Crippen LogP contribution < -0.4 is 23.8 Å². The maximum Gasteiger partial charge on any atom is 0.265 e. The van der Waals surface area contributed by atoms with Crippen molar-refractivity contribution in [1.82, 2.24) is 10.2 Å². The zero-order valence-electron chi connectivity index (χ0n) is 23.9. The summed E-state index contributed by atoms with van der Waals surface area (Å²) in [4.78, 5) is 27.9. The number of methoxy groups -OCH3 is 3. The summed E-state index contributed by atoms with van der Waals surface area (Å²) in [6.07, 6.45) is 0.232. The van der Waals surface area contributed by atoms with Crippen molar-refractivity contribution in [3.63, 3.8) is 0 Å². The molecule has 1 atom stereocenters. The van der Waals surface area contributed by atoms with Gasteiger partial charge < -0.3 is 24.4 Å². The third kappa shape index (κ3) is 7.24. The van der Waals surface area contributed by atoms with E-state index < -0.39 is 40.2 Å². The first-order valence-electron chi connectivity index (χ1n) is 12.8. The highest BCUT2D eigenvalue weighted by Crippen LogP contribution is 2.37. The van der Waals surface area contributed by atoms with Crippen LogP contribution in [0.5, 0.6) is 17.2 Å². The maximum atomic E-state index is 14.2. The molecule has 0 bridgehead atoms. The summed E-state index contributed by atoms with van der Waals surface area (Å²) in [6, 6.07) is 12.9. The lowest BCUT2D eigenvalue weighted by Gasteiger charge is -2.33. The highest BCUT2D eigenvalue weighted by Gasteiger charge is 2.35. The number of nitrogens with one attached hydrogen (secondary N) is 1. The van der Waals surface area contributed by atoms with Gasteiger partial charge in [-0.2, -0.15) is 0 Å². The van der Waals surface area contributed by atoms with Crippen LogP contribution in [0.15, 0.2) is 65.6 Å². The summed E-state index contributed by atoms with van der Waals surface area (Å²) < 4.78 is 58.8. The van der Waals surface area contributed by atoms with Crippen LogP contribution in [0.25, 0.3) is 0 Å². The molecule has 2 amide bonds. The maximum absolute atomic E-state index is 14.2. The van der Waals surface area contributed by atoms with Crippen LogP contribution in [0.3, 0.4) is 0 Å². The predicted octanol–water partition coefficient (Wildman–Crippen LogP) is 4.25. The number of nitrogens with zero attached hydrogens (tertiary/aromatic N) is 2. The van der Waals surface area contributed by atoms with Crippen molar-refractivity contribution in [2.75, 3.05) is 39.2 Å². The number of rotatable bonds is 13. The molecule has 3 aromatic carbocycles. The Hall–Kier alpha value is -4.03. The van der Waals surface area contributed by atoms with Crippen molar-refractivity contribution < 1.29 is 36.6 Å². The highest BCUT2D eigenvalue weighted by atomic mass is 35.5. The van der Waals surface area contributed by atoms with Crippen molar-refractivity contribution in [1.29, 1.82) is 0 Å². The number of sulfonamides is 1. The number of amides is 2. The van der Waals surface area contributed by atoms with E-state index in [0.29, 0.717) is 11.3 Å². The summed E-state index contributed by atoms with van der Waals surface area (Å²) in [5.74, 6) is -0.994. The van der Waals surface area contributed by atoms with Crippen LogP contribution in [0.4, 0.5) is 10.1 Å². The summed E-state index contributed by atoms with van der Waals surface area (Å²) in [5.41, 5.74) is 0.546. The molecule has 0 heterocycles. The number of hydrogen-bond donors (Lipinski definition) is 1. The summed E-state index contributed by atoms with van der Waals surface area (Å²) in [5, 5.41) is 2.75. The lowest BCUT2D eigenvalue weighted by Crippen LogP contribution is -2.51. The second-order valence-electron chi connectivity index (χ2n) is 9.03. The largest absolute Gasteiger partial charge is 0.495 e. The Morgan fingerprint density at radius 1 is 0.929 bits per heavy atom. The number of ether oxygens (including phenoxy) is 3. The van der Waals surface area contributed by atoms with E-state index in [1.165, 1.54) is 93.9 Å². The first-order valence-corrected chi connectivity index (χ1v) is 14.7. The van der Waals surface area contributed by atoms with Gasteiger partial charge in [0.2, 0.25) is 11.8 Å². The summed E-state index contributed by atoms with van der Waals surface area (Å²) >= 11 is 6.26. The number of carbonyl (C=O) groups excluding carboxylic acids is 2. The molecule has 0 unspecified atom stereocenters. The van der Waals surface area contributed by atoms with Gasteiger partial charge in [-0.15, -0.1) is 0 Å². The van der Waals surface area contributed by atoms with Crippen LogP contribution in [-0.2, 0) is 26.2 Å². The molecular formula is C29H33ClFN3O7S. The van der Waals surface area contributed by atoms with Gasteiger partial charge in [0, 0.05) is 24.7 Å². The lowest BCUT2D eigenvalue weighted by molar-refractivity contribution is -0.140. The molecule has 0 saturated heterocycles. The SMILES string of the molecule is CC[C@H](C(=O)NC)N(Cc1ccc(F)cc1)C(=O)CN(c1cc(Cl)ccc1OC)S(=O)(=O)c1ccc(OC)c(OC)c1. The van der Waals surface area contributed by atoms with Crippen LogP contribution in [0.2, 0.25) is 5.02 Å². The fraction of sp³-hybridized carbons (Fsp3) is 0.310. The molecule has 0 fully saturated rings. The minimum Gasteiger partial charge on any atom is -0.495 e. The minimum absolute atomic E-state index is 0.00265. The van der Waals surface area contributed by atoms with Crippen molar-refractivity contribution in [3.05, 3.63) is 77.1 Å². The van der Waals surface area contributed by atoms with Crippen LogP contribution in [0.1, 0.15) is 18.9 Å². The van der Waals surface area contributed by atoms with Crippen molar-refractivity contribution in [2.24, 2.45) is 0 Å². The average Bonchev–Trinajstić information content (AvgIpc) is 2.99. The Balaban J connectivity index is 2.17. The monoisotopic (exact) mass is 621 g/mol. The van der Waals surface area contributed by atoms with Crippen LogP contribution in [0, 0.1) is 5.82 Å². The fourth-order valence-electron chi connectivity index (χ4n) is 4.35. The van der Waals surface area contributed by atoms with E-state index in [2.05, 4.69) is 5.32 Å². The second kappa shape index (κ2) is 14.2. The summed E-state index contributed by atoms with van der Waals surface area (Å²) in [6.45, 7) is 0.924. The molecule has 0 aliphatic carbocycles. The third-order valence-corrected chi connectivity index (χ3v) is 8.52. The lowest BCUT2D eigenvalue weighted by atomic mass is 10.1. The number of anilines is 1. The van der Waals surface area contributed by atoms with E-state index in [-0.39, 0.29) is 40.1 Å². The zero-order chi connectivity index (χ0) is 31.0. The van der Waals surface area contributed by atoms with Gasteiger partial charge in [-0.1, -0.05) is 30.7 Å². The van der Waals surface area contributed by atoms with Gasteiger partial charge in [0.1, 0.15) is 24.2 Å².